The molecule has 0 bridgehead atoms. The predicted octanol–water partition coefficient (Wildman–Crippen LogP) is 4.61. The fourth-order valence-electron chi connectivity index (χ4n) is 2.29. The normalized spacial score (nSPS) is 11.1. The van der Waals surface area contributed by atoms with Gasteiger partial charge >= 0.3 is 0 Å². The second-order valence-electron chi connectivity index (χ2n) is 4.51. The quantitative estimate of drug-likeness (QED) is 0.698. The number of aromatic amines is 1. The standard InChI is InChI=1S/C15H13BrN2/c1-9-4-3-5-10(2)14(9)15-17-12-7-6-11(16)8-13(12)18-15/h3-8H,1-2H3,(H,17,18). The van der Waals surface area contributed by atoms with Gasteiger partial charge in [-0.1, -0.05) is 34.1 Å². The summed E-state index contributed by atoms with van der Waals surface area (Å²) >= 11 is 3.48. The number of aromatic nitrogens is 2. The highest BCUT2D eigenvalue weighted by Crippen LogP contribution is 2.27. The van der Waals surface area contributed by atoms with Crippen LogP contribution in [0.5, 0.6) is 0 Å². The Kier molecular flexibility index (Phi) is 2.71. The molecule has 0 amide bonds. The summed E-state index contributed by atoms with van der Waals surface area (Å²) < 4.78 is 1.06. The number of benzene rings is 2. The van der Waals surface area contributed by atoms with E-state index in [0.717, 1.165) is 21.3 Å². The van der Waals surface area contributed by atoms with Crippen LogP contribution < -0.4 is 0 Å². The molecule has 90 valence electrons. The van der Waals surface area contributed by atoms with Crippen molar-refractivity contribution < 1.29 is 0 Å². The van der Waals surface area contributed by atoms with E-state index in [-0.39, 0.29) is 0 Å². The van der Waals surface area contributed by atoms with E-state index in [1.807, 2.05) is 12.1 Å². The van der Waals surface area contributed by atoms with Crippen molar-refractivity contribution >= 4 is 27.0 Å². The zero-order valence-electron chi connectivity index (χ0n) is 10.3. The van der Waals surface area contributed by atoms with Crippen molar-refractivity contribution in [1.82, 2.24) is 9.97 Å². The minimum absolute atomic E-state index is 0.943. The van der Waals surface area contributed by atoms with Crippen LogP contribution in [0.1, 0.15) is 11.1 Å². The molecule has 3 aromatic rings. The first-order valence-corrected chi connectivity index (χ1v) is 6.66. The van der Waals surface area contributed by atoms with Gasteiger partial charge in [0.25, 0.3) is 0 Å². The minimum atomic E-state index is 0.943. The highest BCUT2D eigenvalue weighted by Gasteiger charge is 2.10. The molecule has 0 saturated heterocycles. The Morgan fingerprint density at radius 3 is 2.50 bits per heavy atom. The first-order valence-electron chi connectivity index (χ1n) is 5.87. The topological polar surface area (TPSA) is 28.7 Å². The van der Waals surface area contributed by atoms with E-state index in [0.29, 0.717) is 0 Å². The fourth-order valence-corrected chi connectivity index (χ4v) is 2.65. The molecule has 0 saturated carbocycles. The van der Waals surface area contributed by atoms with Gasteiger partial charge < -0.3 is 4.98 Å². The lowest BCUT2D eigenvalue weighted by atomic mass is 10.0. The van der Waals surface area contributed by atoms with Crippen molar-refractivity contribution in [2.75, 3.05) is 0 Å². The van der Waals surface area contributed by atoms with Gasteiger partial charge in [-0.05, 0) is 43.2 Å². The third-order valence-electron chi connectivity index (χ3n) is 3.16. The van der Waals surface area contributed by atoms with Crippen LogP contribution in [0.15, 0.2) is 40.9 Å². The van der Waals surface area contributed by atoms with Crippen LogP contribution in [-0.2, 0) is 0 Å². The van der Waals surface area contributed by atoms with Gasteiger partial charge in [-0.15, -0.1) is 0 Å². The molecule has 0 aliphatic rings. The Bertz CT molecular complexity index is 708. The number of nitrogens with zero attached hydrogens (tertiary/aromatic N) is 1. The van der Waals surface area contributed by atoms with E-state index in [1.54, 1.807) is 0 Å². The molecule has 0 aliphatic carbocycles. The zero-order valence-corrected chi connectivity index (χ0v) is 11.9. The molecule has 0 aliphatic heterocycles. The van der Waals surface area contributed by atoms with Crippen molar-refractivity contribution in [2.45, 2.75) is 13.8 Å². The molecular weight excluding hydrogens is 288 g/mol. The number of fused-ring (bicyclic) bond motifs is 1. The molecule has 0 spiro atoms. The van der Waals surface area contributed by atoms with E-state index in [9.17, 15) is 0 Å². The zero-order chi connectivity index (χ0) is 12.7. The van der Waals surface area contributed by atoms with Gasteiger partial charge in [-0.2, -0.15) is 0 Å². The summed E-state index contributed by atoms with van der Waals surface area (Å²) in [6, 6.07) is 12.4. The molecule has 1 N–H and O–H groups in total. The summed E-state index contributed by atoms with van der Waals surface area (Å²) in [7, 11) is 0. The molecule has 0 atom stereocenters. The van der Waals surface area contributed by atoms with Gasteiger partial charge in [0.05, 0.1) is 11.0 Å². The van der Waals surface area contributed by atoms with Crippen LogP contribution in [0, 0.1) is 13.8 Å². The van der Waals surface area contributed by atoms with E-state index >= 15 is 0 Å². The third kappa shape index (κ3) is 1.85. The number of nitrogens with one attached hydrogen (secondary N) is 1. The van der Waals surface area contributed by atoms with Crippen LogP contribution in [0.3, 0.4) is 0 Å². The maximum absolute atomic E-state index is 4.67. The predicted molar refractivity (Wildman–Crippen MR) is 78.7 cm³/mol. The molecule has 0 radical (unpaired) electrons. The van der Waals surface area contributed by atoms with Crippen LogP contribution >= 0.6 is 15.9 Å². The van der Waals surface area contributed by atoms with Crippen LogP contribution in [0.4, 0.5) is 0 Å². The number of imidazole rings is 1. The van der Waals surface area contributed by atoms with Crippen LogP contribution in [0.2, 0.25) is 0 Å². The molecule has 0 unspecified atom stereocenters. The fraction of sp³-hybridized carbons (Fsp3) is 0.133. The monoisotopic (exact) mass is 300 g/mol. The average Bonchev–Trinajstić information content (AvgIpc) is 2.71. The summed E-state index contributed by atoms with van der Waals surface area (Å²) in [4.78, 5) is 8.06. The Morgan fingerprint density at radius 1 is 1.06 bits per heavy atom. The molecule has 3 rings (SSSR count). The number of hydrogen-bond donors (Lipinski definition) is 1. The van der Waals surface area contributed by atoms with Crippen LogP contribution in [0.25, 0.3) is 22.4 Å². The van der Waals surface area contributed by atoms with Crippen molar-refractivity contribution in [3.8, 4) is 11.4 Å². The molecule has 2 nitrogen and oxygen atoms in total. The smallest absolute Gasteiger partial charge is 0.139 e. The van der Waals surface area contributed by atoms with Gasteiger partial charge in [-0.3, -0.25) is 0 Å². The Labute approximate surface area is 114 Å². The van der Waals surface area contributed by atoms with E-state index in [2.05, 4.69) is 64.0 Å². The SMILES string of the molecule is Cc1cccc(C)c1-c1nc2ccc(Br)cc2[nH]1. The van der Waals surface area contributed by atoms with Gasteiger partial charge in [0.15, 0.2) is 0 Å². The number of hydrogen-bond acceptors (Lipinski definition) is 1. The molecule has 18 heavy (non-hydrogen) atoms. The van der Waals surface area contributed by atoms with Crippen molar-refractivity contribution in [1.29, 1.82) is 0 Å². The number of aryl methyl sites for hydroxylation is 2. The number of H-pyrrole nitrogens is 1. The summed E-state index contributed by atoms with van der Waals surface area (Å²) in [6.07, 6.45) is 0. The Hall–Kier alpha value is -1.61. The molecular formula is C15H13BrN2. The third-order valence-corrected chi connectivity index (χ3v) is 3.66. The van der Waals surface area contributed by atoms with Gasteiger partial charge in [0.1, 0.15) is 5.82 Å². The average molecular weight is 301 g/mol. The lowest BCUT2D eigenvalue weighted by Crippen LogP contribution is -1.89. The van der Waals surface area contributed by atoms with Crippen molar-refractivity contribution in [3.05, 3.63) is 52.0 Å². The van der Waals surface area contributed by atoms with Gasteiger partial charge in [-0.25, -0.2) is 4.98 Å². The first kappa shape index (κ1) is 11.5. The lowest BCUT2D eigenvalue weighted by Gasteiger charge is -2.05. The van der Waals surface area contributed by atoms with E-state index in [4.69, 9.17) is 0 Å². The molecule has 0 fully saturated rings. The Balaban J connectivity index is 2.26. The maximum Gasteiger partial charge on any atom is 0.139 e. The van der Waals surface area contributed by atoms with Crippen molar-refractivity contribution in [2.24, 2.45) is 0 Å². The number of rotatable bonds is 1. The van der Waals surface area contributed by atoms with Crippen LogP contribution in [-0.4, -0.2) is 9.97 Å². The first-order chi connectivity index (χ1) is 8.65. The summed E-state index contributed by atoms with van der Waals surface area (Å²) in [5, 5.41) is 0. The summed E-state index contributed by atoms with van der Waals surface area (Å²) in [5.41, 5.74) is 5.74. The molecule has 1 heterocycles. The minimum Gasteiger partial charge on any atom is -0.338 e. The molecule has 3 heteroatoms. The Morgan fingerprint density at radius 2 is 1.78 bits per heavy atom. The second-order valence-corrected chi connectivity index (χ2v) is 5.43. The summed E-state index contributed by atoms with van der Waals surface area (Å²) in [5.74, 6) is 0.943. The summed E-state index contributed by atoms with van der Waals surface area (Å²) in [6.45, 7) is 4.23. The van der Waals surface area contributed by atoms with E-state index in [1.165, 1.54) is 16.7 Å². The highest BCUT2D eigenvalue weighted by atomic mass is 79.9. The number of halogens is 1. The maximum atomic E-state index is 4.67. The molecule has 2 aromatic carbocycles. The van der Waals surface area contributed by atoms with E-state index < -0.39 is 0 Å². The lowest BCUT2D eigenvalue weighted by molar-refractivity contribution is 1.27. The highest BCUT2D eigenvalue weighted by molar-refractivity contribution is 9.10. The van der Waals surface area contributed by atoms with Gasteiger partial charge in [0, 0.05) is 10.0 Å². The second kappa shape index (κ2) is 4.25. The largest absolute Gasteiger partial charge is 0.338 e. The van der Waals surface area contributed by atoms with Gasteiger partial charge in [0.2, 0.25) is 0 Å². The molecule has 1 aromatic heterocycles. The van der Waals surface area contributed by atoms with Crippen molar-refractivity contribution in [3.63, 3.8) is 0 Å².